The second-order valence-electron chi connectivity index (χ2n) is 5.21. The van der Waals surface area contributed by atoms with Gasteiger partial charge in [0.15, 0.2) is 0 Å². The summed E-state index contributed by atoms with van der Waals surface area (Å²) in [6.07, 6.45) is 1.08. The van der Waals surface area contributed by atoms with Gasteiger partial charge in [0.1, 0.15) is 0 Å². The van der Waals surface area contributed by atoms with E-state index >= 15 is 0 Å². The van der Waals surface area contributed by atoms with Gasteiger partial charge in [0, 0.05) is 21.2 Å². The molecule has 0 bridgehead atoms. The van der Waals surface area contributed by atoms with Crippen molar-refractivity contribution in [3.63, 3.8) is 0 Å². The quantitative estimate of drug-likeness (QED) is 0.689. The molecule has 0 saturated heterocycles. The monoisotopic (exact) mass is 363 g/mol. The van der Waals surface area contributed by atoms with Crippen molar-refractivity contribution in [1.29, 1.82) is 0 Å². The molecule has 1 unspecified atom stereocenters. The number of nitrogens with one attached hydrogen (secondary N) is 1. The van der Waals surface area contributed by atoms with E-state index in [1.54, 1.807) is 0 Å². The Morgan fingerprint density at radius 1 is 1.14 bits per heavy atom. The van der Waals surface area contributed by atoms with Gasteiger partial charge in [0.05, 0.1) is 0 Å². The van der Waals surface area contributed by atoms with Crippen molar-refractivity contribution in [2.24, 2.45) is 0 Å². The van der Waals surface area contributed by atoms with Crippen LogP contribution < -0.4 is 5.32 Å². The van der Waals surface area contributed by atoms with Gasteiger partial charge < -0.3 is 5.32 Å². The molecule has 0 aliphatic heterocycles. The Morgan fingerprint density at radius 3 is 2.57 bits per heavy atom. The second kappa shape index (κ2) is 8.62. The molecule has 0 saturated carbocycles. The fourth-order valence-corrected chi connectivity index (χ4v) is 3.55. The lowest BCUT2D eigenvalue weighted by molar-refractivity contribution is 0.572. The fourth-order valence-electron chi connectivity index (χ4n) is 2.33. The zero-order valence-corrected chi connectivity index (χ0v) is 15.0. The molecule has 112 valence electrons. The highest BCUT2D eigenvalue weighted by Crippen LogP contribution is 2.22. The van der Waals surface area contributed by atoms with Crippen molar-refractivity contribution >= 4 is 27.7 Å². The summed E-state index contributed by atoms with van der Waals surface area (Å²) in [7, 11) is 0. The van der Waals surface area contributed by atoms with Crippen LogP contribution in [-0.2, 0) is 6.42 Å². The molecule has 0 aliphatic carbocycles. The van der Waals surface area contributed by atoms with Gasteiger partial charge in [0.25, 0.3) is 0 Å². The summed E-state index contributed by atoms with van der Waals surface area (Å²) in [6, 6.07) is 17.9. The van der Waals surface area contributed by atoms with Crippen molar-refractivity contribution in [2.75, 3.05) is 12.3 Å². The van der Waals surface area contributed by atoms with Crippen LogP contribution in [0.15, 0.2) is 57.9 Å². The highest BCUT2D eigenvalue weighted by Gasteiger charge is 2.09. The van der Waals surface area contributed by atoms with Crippen molar-refractivity contribution in [1.82, 2.24) is 5.32 Å². The molecule has 0 fully saturated rings. The molecule has 0 aromatic heterocycles. The smallest absolute Gasteiger partial charge is 0.0201 e. The SMILES string of the molecule is CCNC(CSc1ccc(Br)cc1)Cc1cccc(C)c1. The Morgan fingerprint density at radius 2 is 1.90 bits per heavy atom. The maximum atomic E-state index is 3.60. The van der Waals surface area contributed by atoms with Crippen LogP contribution in [0.2, 0.25) is 0 Å². The summed E-state index contributed by atoms with van der Waals surface area (Å²) >= 11 is 5.40. The third-order valence-electron chi connectivity index (χ3n) is 3.32. The van der Waals surface area contributed by atoms with Crippen molar-refractivity contribution in [3.05, 3.63) is 64.1 Å². The molecule has 2 rings (SSSR count). The normalized spacial score (nSPS) is 12.3. The summed E-state index contributed by atoms with van der Waals surface area (Å²) in [5.74, 6) is 1.09. The summed E-state index contributed by atoms with van der Waals surface area (Å²) in [5, 5.41) is 3.60. The molecular formula is C18H22BrNS. The van der Waals surface area contributed by atoms with E-state index in [0.717, 1.165) is 23.2 Å². The second-order valence-corrected chi connectivity index (χ2v) is 7.22. The van der Waals surface area contributed by atoms with E-state index in [4.69, 9.17) is 0 Å². The third kappa shape index (κ3) is 5.85. The number of benzene rings is 2. The predicted octanol–water partition coefficient (Wildman–Crippen LogP) is 5.07. The highest BCUT2D eigenvalue weighted by atomic mass is 79.9. The first-order valence-corrected chi connectivity index (χ1v) is 9.12. The summed E-state index contributed by atoms with van der Waals surface area (Å²) in [4.78, 5) is 1.32. The number of likely N-dealkylation sites (N-methyl/N-ethyl adjacent to an activating group) is 1. The molecule has 2 aromatic carbocycles. The molecule has 21 heavy (non-hydrogen) atoms. The van der Waals surface area contributed by atoms with Crippen LogP contribution in [0.3, 0.4) is 0 Å². The minimum atomic E-state index is 0.505. The summed E-state index contributed by atoms with van der Waals surface area (Å²) < 4.78 is 1.13. The maximum absolute atomic E-state index is 3.60. The van der Waals surface area contributed by atoms with Gasteiger partial charge in [-0.1, -0.05) is 52.7 Å². The van der Waals surface area contributed by atoms with Gasteiger partial charge in [0.2, 0.25) is 0 Å². The van der Waals surface area contributed by atoms with E-state index in [-0.39, 0.29) is 0 Å². The summed E-state index contributed by atoms with van der Waals surface area (Å²) in [5.41, 5.74) is 2.75. The maximum Gasteiger partial charge on any atom is 0.0201 e. The lowest BCUT2D eigenvalue weighted by Gasteiger charge is -2.18. The molecule has 1 atom stereocenters. The zero-order chi connectivity index (χ0) is 15.1. The van der Waals surface area contributed by atoms with Crippen LogP contribution in [0.5, 0.6) is 0 Å². The molecule has 1 N–H and O–H groups in total. The van der Waals surface area contributed by atoms with Gasteiger partial charge in [-0.05, 0) is 49.7 Å². The first-order chi connectivity index (χ1) is 10.2. The summed E-state index contributed by atoms with van der Waals surface area (Å²) in [6.45, 7) is 5.34. The Kier molecular flexibility index (Phi) is 6.81. The first-order valence-electron chi connectivity index (χ1n) is 7.34. The number of halogens is 1. The van der Waals surface area contributed by atoms with Gasteiger partial charge >= 0.3 is 0 Å². The fraction of sp³-hybridized carbons (Fsp3) is 0.333. The van der Waals surface area contributed by atoms with Gasteiger partial charge in [-0.15, -0.1) is 11.8 Å². The number of hydrogen-bond donors (Lipinski definition) is 1. The van der Waals surface area contributed by atoms with E-state index in [9.17, 15) is 0 Å². The van der Waals surface area contributed by atoms with E-state index in [1.807, 2.05) is 11.8 Å². The highest BCUT2D eigenvalue weighted by molar-refractivity contribution is 9.10. The van der Waals surface area contributed by atoms with Gasteiger partial charge in [-0.25, -0.2) is 0 Å². The predicted molar refractivity (Wildman–Crippen MR) is 97.2 cm³/mol. The number of rotatable bonds is 7. The van der Waals surface area contributed by atoms with Crippen molar-refractivity contribution < 1.29 is 0 Å². The minimum Gasteiger partial charge on any atom is -0.313 e. The van der Waals surface area contributed by atoms with Crippen LogP contribution in [-0.4, -0.2) is 18.3 Å². The largest absolute Gasteiger partial charge is 0.313 e. The van der Waals surface area contributed by atoms with Crippen LogP contribution in [0.4, 0.5) is 0 Å². The molecule has 3 heteroatoms. The Balaban J connectivity index is 1.93. The van der Waals surface area contributed by atoms with E-state index < -0.39 is 0 Å². The van der Waals surface area contributed by atoms with E-state index in [1.165, 1.54) is 16.0 Å². The lowest BCUT2D eigenvalue weighted by atomic mass is 10.0. The van der Waals surface area contributed by atoms with Crippen LogP contribution in [0.1, 0.15) is 18.1 Å². The van der Waals surface area contributed by atoms with Crippen LogP contribution in [0, 0.1) is 6.92 Å². The molecule has 2 aromatic rings. The average Bonchev–Trinajstić information content (AvgIpc) is 2.47. The molecular weight excluding hydrogens is 342 g/mol. The minimum absolute atomic E-state index is 0.505. The molecule has 0 heterocycles. The topological polar surface area (TPSA) is 12.0 Å². The molecule has 0 radical (unpaired) electrons. The lowest BCUT2D eigenvalue weighted by Crippen LogP contribution is -2.33. The molecule has 1 nitrogen and oxygen atoms in total. The Hall–Kier alpha value is -0.770. The Bertz CT molecular complexity index is 553. The number of thioether (sulfide) groups is 1. The van der Waals surface area contributed by atoms with Gasteiger partial charge in [-0.2, -0.15) is 0 Å². The standard InChI is InChI=1S/C18H22BrNS/c1-3-20-17(12-15-6-4-5-14(2)11-15)13-21-18-9-7-16(19)8-10-18/h4-11,17,20H,3,12-13H2,1-2H3. The average molecular weight is 364 g/mol. The first kappa shape index (κ1) is 16.6. The van der Waals surface area contributed by atoms with E-state index in [0.29, 0.717) is 6.04 Å². The van der Waals surface area contributed by atoms with Crippen molar-refractivity contribution in [2.45, 2.75) is 31.2 Å². The molecule has 0 spiro atoms. The van der Waals surface area contributed by atoms with Gasteiger partial charge in [-0.3, -0.25) is 0 Å². The van der Waals surface area contributed by atoms with Crippen LogP contribution in [0.25, 0.3) is 0 Å². The third-order valence-corrected chi connectivity index (χ3v) is 5.03. The van der Waals surface area contributed by atoms with E-state index in [2.05, 4.69) is 83.6 Å². The zero-order valence-electron chi connectivity index (χ0n) is 12.6. The number of aryl methyl sites for hydroxylation is 1. The molecule has 0 amide bonds. The van der Waals surface area contributed by atoms with Crippen molar-refractivity contribution in [3.8, 4) is 0 Å². The Labute approximate surface area is 140 Å². The molecule has 0 aliphatic rings. The number of hydrogen-bond acceptors (Lipinski definition) is 2. The van der Waals surface area contributed by atoms with Crippen LogP contribution >= 0.6 is 27.7 Å².